The summed E-state index contributed by atoms with van der Waals surface area (Å²) in [4.78, 5) is 12.2. The summed E-state index contributed by atoms with van der Waals surface area (Å²) in [5, 5.41) is 6.45. The first-order chi connectivity index (χ1) is 23.8. The maximum atomic E-state index is 14.9. The number of pyridine rings is 1. The van der Waals surface area contributed by atoms with Crippen LogP contribution in [0.1, 0.15) is 34.1 Å². The van der Waals surface area contributed by atoms with Crippen LogP contribution in [0.4, 0.5) is 20.3 Å². The van der Waals surface area contributed by atoms with Gasteiger partial charge in [-0.15, -0.1) is 11.3 Å². The van der Waals surface area contributed by atoms with Gasteiger partial charge in [0, 0.05) is 25.0 Å². The maximum absolute atomic E-state index is 14.9. The van der Waals surface area contributed by atoms with Crippen LogP contribution in [0, 0.1) is 11.6 Å². The van der Waals surface area contributed by atoms with E-state index in [4.69, 9.17) is 11.5 Å². The second kappa shape index (κ2) is 16.0. The van der Waals surface area contributed by atoms with E-state index in [-0.39, 0.29) is 11.6 Å². The molecular formula is C40H40F2N6S. The highest BCUT2D eigenvalue weighted by Crippen LogP contribution is 2.26. The van der Waals surface area contributed by atoms with Gasteiger partial charge >= 0.3 is 0 Å². The molecule has 2 heterocycles. The lowest BCUT2D eigenvalue weighted by molar-refractivity contribution is 0.283. The highest BCUT2D eigenvalue weighted by Gasteiger charge is 2.11. The molecule has 5 N–H and O–H groups in total. The molecule has 0 aliphatic heterocycles. The van der Waals surface area contributed by atoms with Crippen LogP contribution < -0.4 is 16.8 Å². The minimum absolute atomic E-state index is 0.332. The molecule has 0 spiro atoms. The molecule has 6 aromatic rings. The van der Waals surface area contributed by atoms with E-state index in [1.807, 2.05) is 53.9 Å². The number of anilines is 1. The normalized spacial score (nSPS) is 11.9. The highest BCUT2D eigenvalue weighted by atomic mass is 32.1. The number of nitrogens with zero attached hydrogens (tertiary/aromatic N) is 3. The number of benzene rings is 4. The van der Waals surface area contributed by atoms with Gasteiger partial charge in [0.05, 0.1) is 16.1 Å². The minimum Gasteiger partial charge on any atom is -0.384 e. The molecule has 0 bridgehead atoms. The zero-order valence-corrected chi connectivity index (χ0v) is 28.3. The Morgan fingerprint density at radius 1 is 0.816 bits per heavy atom. The molecule has 0 saturated carbocycles. The Morgan fingerprint density at radius 2 is 1.61 bits per heavy atom. The fourth-order valence-corrected chi connectivity index (χ4v) is 6.56. The lowest BCUT2D eigenvalue weighted by atomic mass is 9.99. The van der Waals surface area contributed by atoms with Crippen LogP contribution in [0.3, 0.4) is 0 Å². The topological polar surface area (TPSA) is 92.6 Å². The standard InChI is InChI=1S/C40H40F2N6S/c1-2-48(26-29-5-3-6-36(22-29)46-40(44)38-7-4-16-49-38)15-13-28-18-32(23-34(41)20-28)33-19-30(21-35(42)24-33)25-45-14-12-27-8-10-37-31(17-27)9-11-39(43)47-37/h3-11,16-24,45H,2,12-15,25-26H2,1H3,(H2,43,47)(H2,44,46). The van der Waals surface area contributed by atoms with Crippen molar-refractivity contribution in [3.63, 3.8) is 0 Å². The van der Waals surface area contributed by atoms with Crippen molar-refractivity contribution in [3.05, 3.63) is 147 Å². The Hall–Kier alpha value is -4.96. The van der Waals surface area contributed by atoms with Crippen LogP contribution in [-0.2, 0) is 25.9 Å². The smallest absolute Gasteiger partial charge is 0.141 e. The van der Waals surface area contributed by atoms with Crippen molar-refractivity contribution in [1.29, 1.82) is 0 Å². The molecule has 0 amide bonds. The van der Waals surface area contributed by atoms with Crippen LogP contribution in [0.25, 0.3) is 22.0 Å². The van der Waals surface area contributed by atoms with E-state index in [0.717, 1.165) is 70.8 Å². The molecule has 0 radical (unpaired) electrons. The van der Waals surface area contributed by atoms with Gasteiger partial charge in [-0.2, -0.15) is 0 Å². The first-order valence-corrected chi connectivity index (χ1v) is 17.3. The fraction of sp³-hybridized carbons (Fsp3) is 0.200. The molecule has 0 unspecified atom stereocenters. The third kappa shape index (κ3) is 9.35. The fourth-order valence-electron chi connectivity index (χ4n) is 5.93. The zero-order valence-electron chi connectivity index (χ0n) is 27.5. The molecule has 0 fully saturated rings. The van der Waals surface area contributed by atoms with E-state index in [2.05, 4.69) is 51.4 Å². The summed E-state index contributed by atoms with van der Waals surface area (Å²) in [7, 11) is 0. The van der Waals surface area contributed by atoms with Gasteiger partial charge < -0.3 is 16.8 Å². The molecule has 49 heavy (non-hydrogen) atoms. The number of hydrogen-bond acceptors (Lipinski definition) is 6. The molecule has 9 heteroatoms. The lowest BCUT2D eigenvalue weighted by Crippen LogP contribution is -2.25. The summed E-state index contributed by atoms with van der Waals surface area (Å²) in [5.74, 6) is 0.333. The second-order valence-corrected chi connectivity index (χ2v) is 13.1. The second-order valence-electron chi connectivity index (χ2n) is 12.1. The van der Waals surface area contributed by atoms with E-state index in [1.165, 1.54) is 23.8 Å². The van der Waals surface area contributed by atoms with Gasteiger partial charge in [0.1, 0.15) is 23.3 Å². The Labute approximate surface area is 290 Å². The van der Waals surface area contributed by atoms with Crippen molar-refractivity contribution in [2.75, 3.05) is 25.4 Å². The number of hydrogen-bond donors (Lipinski definition) is 3. The van der Waals surface area contributed by atoms with E-state index in [9.17, 15) is 8.78 Å². The van der Waals surface area contributed by atoms with Crippen molar-refractivity contribution >= 4 is 39.6 Å². The predicted octanol–water partition coefficient (Wildman–Crippen LogP) is 8.26. The number of likely N-dealkylation sites (N-methyl/N-ethyl adjacent to an activating group) is 1. The molecule has 6 rings (SSSR count). The van der Waals surface area contributed by atoms with Crippen LogP contribution in [0.5, 0.6) is 0 Å². The quantitative estimate of drug-likeness (QED) is 0.0615. The van der Waals surface area contributed by atoms with Gasteiger partial charge in [0.15, 0.2) is 0 Å². The van der Waals surface area contributed by atoms with Gasteiger partial charge in [-0.25, -0.2) is 18.8 Å². The van der Waals surface area contributed by atoms with E-state index in [1.54, 1.807) is 23.5 Å². The molecule has 6 nitrogen and oxygen atoms in total. The van der Waals surface area contributed by atoms with Crippen molar-refractivity contribution in [3.8, 4) is 11.1 Å². The zero-order chi connectivity index (χ0) is 34.2. The average molecular weight is 675 g/mol. The third-order valence-electron chi connectivity index (χ3n) is 8.45. The molecule has 0 atom stereocenters. The summed E-state index contributed by atoms with van der Waals surface area (Å²) in [6, 6.07) is 31.8. The summed E-state index contributed by atoms with van der Waals surface area (Å²) in [6.45, 7) is 5.64. The summed E-state index contributed by atoms with van der Waals surface area (Å²) < 4.78 is 29.7. The number of halogens is 2. The predicted molar refractivity (Wildman–Crippen MR) is 199 cm³/mol. The molecule has 4 aromatic carbocycles. The third-order valence-corrected chi connectivity index (χ3v) is 9.34. The van der Waals surface area contributed by atoms with Gasteiger partial charge in [0.25, 0.3) is 0 Å². The number of amidine groups is 1. The van der Waals surface area contributed by atoms with Crippen molar-refractivity contribution < 1.29 is 8.78 Å². The van der Waals surface area contributed by atoms with Gasteiger partial charge in [-0.3, -0.25) is 4.90 Å². The lowest BCUT2D eigenvalue weighted by Gasteiger charge is -2.21. The molecule has 0 aliphatic rings. The van der Waals surface area contributed by atoms with Crippen molar-refractivity contribution in [2.45, 2.75) is 32.9 Å². The number of rotatable bonds is 14. The van der Waals surface area contributed by atoms with Crippen molar-refractivity contribution in [1.82, 2.24) is 15.2 Å². The minimum atomic E-state index is -0.345. The van der Waals surface area contributed by atoms with Crippen LogP contribution in [0.2, 0.25) is 0 Å². The molecular weight excluding hydrogens is 635 g/mol. The Morgan fingerprint density at radius 3 is 2.39 bits per heavy atom. The number of aromatic nitrogens is 1. The molecule has 250 valence electrons. The van der Waals surface area contributed by atoms with Crippen molar-refractivity contribution in [2.24, 2.45) is 10.7 Å². The highest BCUT2D eigenvalue weighted by molar-refractivity contribution is 7.12. The van der Waals surface area contributed by atoms with Crippen LogP contribution in [-0.4, -0.2) is 35.4 Å². The number of aliphatic imine (C=N–C) groups is 1. The largest absolute Gasteiger partial charge is 0.384 e. The van der Waals surface area contributed by atoms with E-state index >= 15 is 0 Å². The molecule has 0 saturated heterocycles. The van der Waals surface area contributed by atoms with Gasteiger partial charge in [-0.05, 0) is 137 Å². The van der Waals surface area contributed by atoms with Gasteiger partial charge in [0.2, 0.25) is 0 Å². The SMILES string of the molecule is CCN(CCc1cc(F)cc(-c2cc(F)cc(CNCCc3ccc4nc(N)ccc4c3)c2)c1)Cc1cccc(N=C(N)c2cccs2)c1. The summed E-state index contributed by atoms with van der Waals surface area (Å²) in [6.07, 6.45) is 1.47. The molecule has 0 aliphatic carbocycles. The summed E-state index contributed by atoms with van der Waals surface area (Å²) >= 11 is 1.56. The Bertz CT molecular complexity index is 2060. The number of nitrogens with two attached hydrogens (primary N) is 2. The number of nitrogens with one attached hydrogen (secondary N) is 1. The number of nitrogen functional groups attached to an aromatic ring is 1. The van der Waals surface area contributed by atoms with Crippen LogP contribution in [0.15, 0.2) is 114 Å². The monoisotopic (exact) mass is 674 g/mol. The first-order valence-electron chi connectivity index (χ1n) is 16.5. The summed E-state index contributed by atoms with van der Waals surface area (Å²) in [5.41, 5.74) is 19.0. The number of thiophene rings is 1. The van der Waals surface area contributed by atoms with E-state index in [0.29, 0.717) is 35.7 Å². The number of fused-ring (bicyclic) bond motifs is 1. The maximum Gasteiger partial charge on any atom is 0.141 e. The van der Waals surface area contributed by atoms with Crippen LogP contribution >= 0.6 is 11.3 Å². The Kier molecular flexibility index (Phi) is 11.0. The Balaban J connectivity index is 1.06. The molecule has 2 aromatic heterocycles. The van der Waals surface area contributed by atoms with Gasteiger partial charge in [-0.1, -0.05) is 37.3 Å². The first kappa shape index (κ1) is 33.9. The average Bonchev–Trinajstić information content (AvgIpc) is 3.64. The van der Waals surface area contributed by atoms with E-state index < -0.39 is 0 Å².